The summed E-state index contributed by atoms with van der Waals surface area (Å²) >= 11 is 0. The Morgan fingerprint density at radius 2 is 2.22 bits per heavy atom. The van der Waals surface area contributed by atoms with Crippen molar-refractivity contribution < 1.29 is 9.84 Å². The van der Waals surface area contributed by atoms with Crippen LogP contribution in [0.5, 0.6) is 0 Å². The van der Waals surface area contributed by atoms with Crippen LogP contribution in [0, 0.1) is 0 Å². The zero-order valence-electron chi connectivity index (χ0n) is 5.64. The Morgan fingerprint density at radius 1 is 1.44 bits per heavy atom. The molecule has 2 heteroatoms. The van der Waals surface area contributed by atoms with Gasteiger partial charge in [-0.2, -0.15) is 0 Å². The number of hydrogen-bond acceptors (Lipinski definition) is 1. The highest BCUT2D eigenvalue weighted by Crippen LogP contribution is 2.16. The van der Waals surface area contributed by atoms with E-state index in [9.17, 15) is 5.11 Å². The Kier molecular flexibility index (Phi) is 3.01. The van der Waals surface area contributed by atoms with Crippen molar-refractivity contribution in [2.45, 2.75) is 31.8 Å². The standard InChI is InChI=1S/C7H13O2/c8-5-2-1-3-7-4-6-9-7/h7H,1-6H2. The zero-order chi connectivity index (χ0) is 6.53. The van der Waals surface area contributed by atoms with Gasteiger partial charge in [0.05, 0.1) is 12.7 Å². The van der Waals surface area contributed by atoms with Crippen LogP contribution in [0.15, 0.2) is 0 Å². The SMILES string of the molecule is [O]CCCCC1CCO1. The minimum Gasteiger partial charge on any atom is -0.378 e. The van der Waals surface area contributed by atoms with Crippen LogP contribution in [0.25, 0.3) is 0 Å². The molecule has 0 spiro atoms. The Balaban J connectivity index is 1.80. The first-order valence-electron chi connectivity index (χ1n) is 3.63. The molecule has 9 heavy (non-hydrogen) atoms. The van der Waals surface area contributed by atoms with Gasteiger partial charge in [-0.15, -0.1) is 0 Å². The summed E-state index contributed by atoms with van der Waals surface area (Å²) in [5.41, 5.74) is 0. The predicted octanol–water partition coefficient (Wildman–Crippen LogP) is 1.38. The fraction of sp³-hybridized carbons (Fsp3) is 1.00. The van der Waals surface area contributed by atoms with Gasteiger partial charge in [0, 0.05) is 6.61 Å². The van der Waals surface area contributed by atoms with Crippen molar-refractivity contribution in [3.63, 3.8) is 0 Å². The average molecular weight is 129 g/mol. The Hall–Kier alpha value is -0.0800. The molecule has 1 saturated heterocycles. The van der Waals surface area contributed by atoms with E-state index in [0.717, 1.165) is 25.9 Å². The van der Waals surface area contributed by atoms with Gasteiger partial charge in [0.15, 0.2) is 0 Å². The van der Waals surface area contributed by atoms with Crippen molar-refractivity contribution in [1.29, 1.82) is 0 Å². The minimum atomic E-state index is 0.0761. The molecular weight excluding hydrogens is 116 g/mol. The number of rotatable bonds is 4. The van der Waals surface area contributed by atoms with Crippen LogP contribution in [-0.4, -0.2) is 19.3 Å². The molecule has 1 heterocycles. The van der Waals surface area contributed by atoms with Gasteiger partial charge in [0.2, 0.25) is 0 Å². The molecule has 1 unspecified atom stereocenters. The van der Waals surface area contributed by atoms with Crippen LogP contribution in [0.1, 0.15) is 25.7 Å². The van der Waals surface area contributed by atoms with E-state index in [1.165, 1.54) is 6.42 Å². The molecule has 1 aliphatic heterocycles. The molecule has 1 aliphatic rings. The third-order valence-electron chi connectivity index (χ3n) is 1.71. The summed E-state index contributed by atoms with van der Waals surface area (Å²) in [6.45, 7) is 1.01. The number of unbranched alkanes of at least 4 members (excludes halogenated alkanes) is 1. The first kappa shape index (κ1) is 7.03. The van der Waals surface area contributed by atoms with Gasteiger partial charge in [-0.05, 0) is 25.7 Å². The Labute approximate surface area is 55.8 Å². The molecular formula is C7H13O2. The molecule has 2 nitrogen and oxygen atoms in total. The van der Waals surface area contributed by atoms with Crippen molar-refractivity contribution in [3.05, 3.63) is 0 Å². The molecule has 0 saturated carbocycles. The molecule has 0 N–H and O–H groups in total. The van der Waals surface area contributed by atoms with E-state index < -0.39 is 0 Å². The largest absolute Gasteiger partial charge is 0.378 e. The molecule has 0 bridgehead atoms. The van der Waals surface area contributed by atoms with E-state index in [-0.39, 0.29) is 6.61 Å². The van der Waals surface area contributed by atoms with Crippen LogP contribution in [-0.2, 0) is 9.84 Å². The van der Waals surface area contributed by atoms with Crippen LogP contribution in [0.4, 0.5) is 0 Å². The van der Waals surface area contributed by atoms with Crippen molar-refractivity contribution in [2.75, 3.05) is 13.2 Å². The van der Waals surface area contributed by atoms with Crippen LogP contribution < -0.4 is 0 Å². The van der Waals surface area contributed by atoms with Gasteiger partial charge < -0.3 is 4.74 Å². The summed E-state index contributed by atoms with van der Waals surface area (Å²) in [4.78, 5) is 0. The minimum absolute atomic E-state index is 0.0761. The van der Waals surface area contributed by atoms with E-state index in [2.05, 4.69) is 0 Å². The summed E-state index contributed by atoms with van der Waals surface area (Å²) in [6.07, 6.45) is 4.67. The van der Waals surface area contributed by atoms with Gasteiger partial charge in [0.25, 0.3) is 0 Å². The first-order chi connectivity index (χ1) is 4.43. The van der Waals surface area contributed by atoms with Gasteiger partial charge in [-0.3, -0.25) is 0 Å². The smallest absolute Gasteiger partial charge is 0.0822 e. The highest BCUT2D eigenvalue weighted by atomic mass is 16.5. The van der Waals surface area contributed by atoms with Gasteiger partial charge in [-0.25, -0.2) is 5.11 Å². The maximum absolute atomic E-state index is 9.98. The van der Waals surface area contributed by atoms with Crippen molar-refractivity contribution in [1.82, 2.24) is 0 Å². The van der Waals surface area contributed by atoms with E-state index in [0.29, 0.717) is 6.10 Å². The second kappa shape index (κ2) is 3.85. The second-order valence-electron chi connectivity index (χ2n) is 2.48. The molecule has 1 radical (unpaired) electrons. The maximum atomic E-state index is 9.98. The lowest BCUT2D eigenvalue weighted by molar-refractivity contribution is -0.0561. The highest BCUT2D eigenvalue weighted by molar-refractivity contribution is 4.65. The van der Waals surface area contributed by atoms with Crippen LogP contribution in [0.2, 0.25) is 0 Å². The van der Waals surface area contributed by atoms with E-state index >= 15 is 0 Å². The third kappa shape index (κ3) is 2.33. The Bertz CT molecular complexity index is 69.3. The summed E-state index contributed by atoms with van der Waals surface area (Å²) in [7, 11) is 0. The Morgan fingerprint density at radius 3 is 2.67 bits per heavy atom. The number of ether oxygens (including phenoxy) is 1. The highest BCUT2D eigenvalue weighted by Gasteiger charge is 2.16. The molecule has 0 amide bonds. The molecule has 53 valence electrons. The van der Waals surface area contributed by atoms with Gasteiger partial charge in [-0.1, -0.05) is 0 Å². The van der Waals surface area contributed by atoms with Crippen LogP contribution in [0.3, 0.4) is 0 Å². The second-order valence-corrected chi connectivity index (χ2v) is 2.48. The summed E-state index contributed by atoms with van der Waals surface area (Å²) in [5, 5.41) is 9.98. The lowest BCUT2D eigenvalue weighted by Gasteiger charge is -2.25. The lowest BCUT2D eigenvalue weighted by atomic mass is 10.1. The first-order valence-corrected chi connectivity index (χ1v) is 3.63. The van der Waals surface area contributed by atoms with E-state index in [1.807, 2.05) is 0 Å². The molecule has 0 aliphatic carbocycles. The normalized spacial score (nSPS) is 25.7. The van der Waals surface area contributed by atoms with Gasteiger partial charge in [0.1, 0.15) is 0 Å². The fourth-order valence-electron chi connectivity index (χ4n) is 0.986. The lowest BCUT2D eigenvalue weighted by Crippen LogP contribution is -2.26. The third-order valence-corrected chi connectivity index (χ3v) is 1.71. The summed E-state index contributed by atoms with van der Waals surface area (Å²) in [5.74, 6) is 0. The van der Waals surface area contributed by atoms with E-state index in [4.69, 9.17) is 4.74 Å². The summed E-state index contributed by atoms with van der Waals surface area (Å²) in [6, 6.07) is 0. The summed E-state index contributed by atoms with van der Waals surface area (Å²) < 4.78 is 5.18. The topological polar surface area (TPSA) is 29.1 Å². The monoisotopic (exact) mass is 129 g/mol. The van der Waals surface area contributed by atoms with Gasteiger partial charge >= 0.3 is 0 Å². The molecule has 0 aromatic heterocycles. The zero-order valence-corrected chi connectivity index (χ0v) is 5.64. The average Bonchev–Trinajstić information content (AvgIpc) is 1.76. The molecule has 0 aromatic carbocycles. The number of hydrogen-bond donors (Lipinski definition) is 0. The van der Waals surface area contributed by atoms with Crippen molar-refractivity contribution in [3.8, 4) is 0 Å². The van der Waals surface area contributed by atoms with Crippen molar-refractivity contribution >= 4 is 0 Å². The predicted molar refractivity (Wildman–Crippen MR) is 33.8 cm³/mol. The van der Waals surface area contributed by atoms with E-state index in [1.54, 1.807) is 0 Å². The quantitative estimate of drug-likeness (QED) is 0.527. The molecule has 0 aromatic rings. The van der Waals surface area contributed by atoms with Crippen molar-refractivity contribution in [2.24, 2.45) is 0 Å². The molecule has 1 atom stereocenters. The maximum Gasteiger partial charge on any atom is 0.0822 e. The van der Waals surface area contributed by atoms with Crippen LogP contribution >= 0.6 is 0 Å². The molecule has 1 rings (SSSR count). The fourth-order valence-corrected chi connectivity index (χ4v) is 0.986. The molecule has 1 fully saturated rings.